The maximum Gasteiger partial charge on any atom is 0.319 e. The van der Waals surface area contributed by atoms with Gasteiger partial charge in [0.05, 0.1) is 12.3 Å². The highest BCUT2D eigenvalue weighted by Gasteiger charge is 2.39. The predicted octanol–water partition coefficient (Wildman–Crippen LogP) is 4.38. The molecule has 4 nitrogen and oxygen atoms in total. The molecule has 0 heterocycles. The number of para-hydroxylation sites is 1. The van der Waals surface area contributed by atoms with Gasteiger partial charge in [-0.15, -0.1) is 0 Å². The molecule has 0 aliphatic carbocycles. The van der Waals surface area contributed by atoms with E-state index in [1.54, 1.807) is 6.92 Å². The van der Waals surface area contributed by atoms with Crippen LogP contribution in [-0.2, 0) is 14.3 Å². The first-order valence-electron chi connectivity index (χ1n) is 6.60. The standard InChI is InChI=1S/C15H19Br2NO3/c1-5-21-14(20)11(15(2,3)4)13(19)18-12-9(16)7-6-8-10(12)17/h6-8,11H,5H2,1-4H3,(H,18,19). The number of rotatable bonds is 4. The van der Waals surface area contributed by atoms with Crippen molar-refractivity contribution >= 4 is 49.4 Å². The topological polar surface area (TPSA) is 55.4 Å². The second kappa shape index (κ2) is 7.40. The molecule has 0 spiro atoms. The Morgan fingerprint density at radius 3 is 2.19 bits per heavy atom. The minimum atomic E-state index is -0.878. The van der Waals surface area contributed by atoms with Gasteiger partial charge < -0.3 is 10.1 Å². The zero-order valence-electron chi connectivity index (χ0n) is 12.5. The van der Waals surface area contributed by atoms with Crippen molar-refractivity contribution in [1.29, 1.82) is 0 Å². The molecule has 21 heavy (non-hydrogen) atoms. The lowest BCUT2D eigenvalue weighted by atomic mass is 9.80. The van der Waals surface area contributed by atoms with E-state index in [1.165, 1.54) is 0 Å². The van der Waals surface area contributed by atoms with Crippen molar-refractivity contribution in [2.45, 2.75) is 27.7 Å². The van der Waals surface area contributed by atoms with Crippen molar-refractivity contribution in [3.63, 3.8) is 0 Å². The van der Waals surface area contributed by atoms with Crippen molar-refractivity contribution in [3.8, 4) is 0 Å². The van der Waals surface area contributed by atoms with Crippen LogP contribution in [0, 0.1) is 11.3 Å². The van der Waals surface area contributed by atoms with Crippen molar-refractivity contribution in [2.24, 2.45) is 11.3 Å². The fourth-order valence-corrected chi connectivity index (χ4v) is 3.09. The summed E-state index contributed by atoms with van der Waals surface area (Å²) in [5, 5.41) is 2.79. The number of carbonyl (C=O) groups excluding carboxylic acids is 2. The van der Waals surface area contributed by atoms with Gasteiger partial charge in [-0.1, -0.05) is 26.8 Å². The highest BCUT2D eigenvalue weighted by molar-refractivity contribution is 9.11. The fourth-order valence-electron chi connectivity index (χ4n) is 1.89. The van der Waals surface area contributed by atoms with Crippen LogP contribution in [0.4, 0.5) is 5.69 Å². The summed E-state index contributed by atoms with van der Waals surface area (Å²) in [6.07, 6.45) is 0. The number of hydrogen-bond donors (Lipinski definition) is 1. The third-order valence-electron chi connectivity index (χ3n) is 2.86. The van der Waals surface area contributed by atoms with E-state index < -0.39 is 17.3 Å². The van der Waals surface area contributed by atoms with Crippen LogP contribution in [0.5, 0.6) is 0 Å². The van der Waals surface area contributed by atoms with Crippen molar-refractivity contribution in [3.05, 3.63) is 27.1 Å². The summed E-state index contributed by atoms with van der Waals surface area (Å²) in [6, 6.07) is 5.48. The normalized spacial score (nSPS) is 12.7. The number of benzene rings is 1. The molecule has 1 unspecified atom stereocenters. The molecule has 0 aliphatic heterocycles. The number of nitrogens with one attached hydrogen (secondary N) is 1. The highest BCUT2D eigenvalue weighted by atomic mass is 79.9. The largest absolute Gasteiger partial charge is 0.465 e. The second-order valence-corrected chi connectivity index (χ2v) is 7.35. The van der Waals surface area contributed by atoms with Crippen LogP contribution >= 0.6 is 31.9 Å². The monoisotopic (exact) mass is 419 g/mol. The van der Waals surface area contributed by atoms with E-state index in [0.29, 0.717) is 5.69 Å². The van der Waals surface area contributed by atoms with E-state index in [-0.39, 0.29) is 12.5 Å². The summed E-state index contributed by atoms with van der Waals surface area (Å²) >= 11 is 6.76. The Bertz CT molecular complexity index is 518. The molecule has 0 radical (unpaired) electrons. The molecule has 0 saturated carbocycles. The van der Waals surface area contributed by atoms with Crippen LogP contribution < -0.4 is 5.32 Å². The Hall–Kier alpha value is -0.880. The molecule has 116 valence electrons. The Kier molecular flexibility index (Phi) is 6.41. The van der Waals surface area contributed by atoms with Gasteiger partial charge in [-0.2, -0.15) is 0 Å². The molecule has 0 fully saturated rings. The van der Waals surface area contributed by atoms with E-state index in [0.717, 1.165) is 8.95 Å². The number of anilines is 1. The molecule has 0 saturated heterocycles. The van der Waals surface area contributed by atoms with E-state index in [4.69, 9.17) is 4.74 Å². The van der Waals surface area contributed by atoms with E-state index in [9.17, 15) is 9.59 Å². The molecule has 0 aromatic heterocycles. The number of carbonyl (C=O) groups is 2. The third-order valence-corrected chi connectivity index (χ3v) is 4.18. The minimum Gasteiger partial charge on any atom is -0.465 e. The fraction of sp³-hybridized carbons (Fsp3) is 0.467. The van der Waals surface area contributed by atoms with Crippen LogP contribution in [0.2, 0.25) is 0 Å². The molecule has 1 aromatic rings. The van der Waals surface area contributed by atoms with Crippen molar-refractivity contribution in [2.75, 3.05) is 11.9 Å². The second-order valence-electron chi connectivity index (χ2n) is 5.64. The maximum atomic E-state index is 12.5. The number of amides is 1. The predicted molar refractivity (Wildman–Crippen MR) is 90.0 cm³/mol. The van der Waals surface area contributed by atoms with Crippen molar-refractivity contribution in [1.82, 2.24) is 0 Å². The molecular formula is C15H19Br2NO3. The van der Waals surface area contributed by atoms with Gasteiger partial charge in [-0.05, 0) is 56.3 Å². The number of ether oxygens (including phenoxy) is 1. The van der Waals surface area contributed by atoms with Crippen LogP contribution in [0.25, 0.3) is 0 Å². The lowest BCUT2D eigenvalue weighted by Crippen LogP contribution is -2.40. The molecule has 0 aliphatic rings. The first-order valence-corrected chi connectivity index (χ1v) is 8.18. The maximum absolute atomic E-state index is 12.5. The van der Waals surface area contributed by atoms with Gasteiger partial charge in [0.2, 0.25) is 5.91 Å². The highest BCUT2D eigenvalue weighted by Crippen LogP contribution is 2.33. The van der Waals surface area contributed by atoms with E-state index in [2.05, 4.69) is 37.2 Å². The van der Waals surface area contributed by atoms with E-state index >= 15 is 0 Å². The average Bonchev–Trinajstić information content (AvgIpc) is 2.32. The lowest BCUT2D eigenvalue weighted by molar-refractivity contribution is -0.155. The van der Waals surface area contributed by atoms with E-state index in [1.807, 2.05) is 39.0 Å². The van der Waals surface area contributed by atoms with Gasteiger partial charge in [0.15, 0.2) is 0 Å². The number of hydrogen-bond acceptors (Lipinski definition) is 3. The first kappa shape index (κ1) is 18.2. The van der Waals surface area contributed by atoms with Gasteiger partial charge in [0.25, 0.3) is 0 Å². The summed E-state index contributed by atoms with van der Waals surface area (Å²) in [4.78, 5) is 24.6. The SMILES string of the molecule is CCOC(=O)C(C(=O)Nc1c(Br)cccc1Br)C(C)(C)C. The Morgan fingerprint density at radius 2 is 1.76 bits per heavy atom. The molecule has 1 N–H and O–H groups in total. The summed E-state index contributed by atoms with van der Waals surface area (Å²) in [6.45, 7) is 7.48. The van der Waals surface area contributed by atoms with Gasteiger partial charge >= 0.3 is 5.97 Å². The molecule has 1 amide bonds. The molecule has 1 atom stereocenters. The zero-order chi connectivity index (χ0) is 16.2. The molecule has 0 bridgehead atoms. The smallest absolute Gasteiger partial charge is 0.319 e. The first-order chi connectivity index (χ1) is 9.68. The quantitative estimate of drug-likeness (QED) is 0.580. The number of esters is 1. The van der Waals surface area contributed by atoms with Crippen LogP contribution in [0.1, 0.15) is 27.7 Å². The summed E-state index contributed by atoms with van der Waals surface area (Å²) in [7, 11) is 0. The van der Waals surface area contributed by atoms with Gasteiger partial charge in [0.1, 0.15) is 5.92 Å². The molecule has 1 rings (SSSR count). The summed E-state index contributed by atoms with van der Waals surface area (Å²) < 4.78 is 6.50. The van der Waals surface area contributed by atoms with Crippen molar-refractivity contribution < 1.29 is 14.3 Å². The number of halogens is 2. The van der Waals surface area contributed by atoms with Crippen LogP contribution in [0.3, 0.4) is 0 Å². The zero-order valence-corrected chi connectivity index (χ0v) is 15.7. The van der Waals surface area contributed by atoms with Crippen LogP contribution in [0.15, 0.2) is 27.1 Å². The van der Waals surface area contributed by atoms with Gasteiger partial charge in [-0.3, -0.25) is 9.59 Å². The minimum absolute atomic E-state index is 0.247. The van der Waals surface area contributed by atoms with Gasteiger partial charge in [0, 0.05) is 8.95 Å². The lowest BCUT2D eigenvalue weighted by Gasteiger charge is -2.28. The Balaban J connectivity index is 3.05. The molecule has 1 aromatic carbocycles. The average molecular weight is 421 g/mol. The summed E-state index contributed by atoms with van der Waals surface area (Å²) in [5.41, 5.74) is 0.0606. The molecular weight excluding hydrogens is 402 g/mol. The Labute approximate surface area is 141 Å². The third kappa shape index (κ3) is 4.81. The Morgan fingerprint density at radius 1 is 1.24 bits per heavy atom. The van der Waals surface area contributed by atoms with Crippen LogP contribution in [-0.4, -0.2) is 18.5 Å². The molecule has 6 heteroatoms. The summed E-state index contributed by atoms with van der Waals surface area (Å²) in [5.74, 6) is -1.77. The van der Waals surface area contributed by atoms with Gasteiger partial charge in [-0.25, -0.2) is 0 Å².